The van der Waals surface area contributed by atoms with Crippen LogP contribution in [0.1, 0.15) is 103 Å². The summed E-state index contributed by atoms with van der Waals surface area (Å²) in [7, 11) is 0. The molecule has 0 aliphatic heterocycles. The molecule has 8 heteroatoms. The van der Waals surface area contributed by atoms with Crippen molar-refractivity contribution in [2.24, 2.45) is 0 Å². The lowest BCUT2D eigenvalue weighted by molar-refractivity contribution is 0.0687. The van der Waals surface area contributed by atoms with Crippen molar-refractivity contribution in [2.45, 2.75) is 50.4 Å². The molecule has 0 aromatic heterocycles. The molecule has 234 valence electrons. The first-order chi connectivity index (χ1) is 22.3. The van der Waals surface area contributed by atoms with Gasteiger partial charge in [-0.05, 0) is 91.3 Å². The molecule has 8 nitrogen and oxygen atoms in total. The number of carboxylic acid groups (broad SMARTS) is 2. The molecule has 2 amide bonds. The average molecular weight is 617 g/mol. The van der Waals surface area contributed by atoms with E-state index in [9.17, 15) is 29.4 Å². The number of allylic oxidation sites excluding steroid dienone is 2. The Morgan fingerprint density at radius 1 is 0.587 bits per heavy atom. The van der Waals surface area contributed by atoms with Crippen molar-refractivity contribution in [3.8, 4) is 0 Å². The van der Waals surface area contributed by atoms with Crippen molar-refractivity contribution in [3.05, 3.63) is 143 Å². The van der Waals surface area contributed by atoms with E-state index in [0.29, 0.717) is 28.4 Å². The quantitative estimate of drug-likeness (QED) is 0.147. The SMILES string of the molecule is O=C(Nc1cc(C2C=CCC2)ccc1C(=O)O)c1ccccc1.O=C(Nc1cc(C2CCCC2)ccc1C(=O)O)c1ccccc1. The highest BCUT2D eigenvalue weighted by molar-refractivity contribution is 6.08. The number of carbonyl (C=O) groups excluding carboxylic acids is 2. The minimum absolute atomic E-state index is 0.0972. The molecular formula is C38H36N2O6. The second kappa shape index (κ2) is 15.0. The van der Waals surface area contributed by atoms with Crippen molar-refractivity contribution in [2.75, 3.05) is 10.6 Å². The number of carbonyl (C=O) groups is 4. The van der Waals surface area contributed by atoms with Gasteiger partial charge in [-0.1, -0.05) is 73.5 Å². The second-order valence-electron chi connectivity index (χ2n) is 11.5. The van der Waals surface area contributed by atoms with Gasteiger partial charge in [-0.2, -0.15) is 0 Å². The Bertz CT molecular complexity index is 1740. The molecule has 1 unspecified atom stereocenters. The summed E-state index contributed by atoms with van der Waals surface area (Å²) < 4.78 is 0. The van der Waals surface area contributed by atoms with E-state index in [0.717, 1.165) is 36.8 Å². The zero-order valence-corrected chi connectivity index (χ0v) is 25.3. The fourth-order valence-corrected chi connectivity index (χ4v) is 5.93. The molecule has 0 spiro atoms. The summed E-state index contributed by atoms with van der Waals surface area (Å²) in [5.74, 6) is -1.95. The standard InChI is InChI=1S/C19H19NO3.C19H17NO3/c2*21-18(14-8-2-1-3-9-14)20-17-12-15(13-6-4-5-7-13)10-11-16(17)19(22)23/h1-3,8-13H,4-7H2,(H,20,21)(H,22,23);1-4,6,8-13H,5,7H2,(H,20,21)(H,22,23). The van der Waals surface area contributed by atoms with E-state index in [-0.39, 0.29) is 28.9 Å². The van der Waals surface area contributed by atoms with Gasteiger partial charge >= 0.3 is 11.9 Å². The summed E-state index contributed by atoms with van der Waals surface area (Å²) in [6, 6.07) is 28.0. The van der Waals surface area contributed by atoms with Crippen LogP contribution in [-0.2, 0) is 0 Å². The topological polar surface area (TPSA) is 133 Å². The van der Waals surface area contributed by atoms with E-state index < -0.39 is 11.9 Å². The summed E-state index contributed by atoms with van der Waals surface area (Å²) in [4.78, 5) is 47.4. The van der Waals surface area contributed by atoms with Gasteiger partial charge in [0.1, 0.15) is 0 Å². The number of amides is 2. The van der Waals surface area contributed by atoms with Crippen LogP contribution in [0.3, 0.4) is 0 Å². The van der Waals surface area contributed by atoms with Gasteiger partial charge in [0.25, 0.3) is 11.8 Å². The summed E-state index contributed by atoms with van der Waals surface area (Å²) in [5.41, 5.74) is 4.06. The summed E-state index contributed by atoms with van der Waals surface area (Å²) in [6.07, 6.45) is 10.9. The van der Waals surface area contributed by atoms with Crippen LogP contribution in [0.5, 0.6) is 0 Å². The lowest BCUT2D eigenvalue weighted by Crippen LogP contribution is -2.15. The minimum atomic E-state index is -1.05. The summed E-state index contributed by atoms with van der Waals surface area (Å²) >= 11 is 0. The molecule has 4 aromatic carbocycles. The highest BCUT2D eigenvalue weighted by atomic mass is 16.4. The molecule has 0 heterocycles. The first-order valence-corrected chi connectivity index (χ1v) is 15.4. The molecule has 1 fully saturated rings. The Labute approximate surface area is 267 Å². The average Bonchev–Trinajstić information content (AvgIpc) is 3.81. The fraction of sp³-hybridized carbons (Fsp3) is 0.211. The van der Waals surface area contributed by atoms with Crippen molar-refractivity contribution >= 4 is 35.1 Å². The zero-order chi connectivity index (χ0) is 32.5. The maximum Gasteiger partial charge on any atom is 0.337 e. The number of rotatable bonds is 8. The van der Waals surface area contributed by atoms with E-state index >= 15 is 0 Å². The fourth-order valence-electron chi connectivity index (χ4n) is 5.93. The van der Waals surface area contributed by atoms with Gasteiger partial charge in [0, 0.05) is 17.0 Å². The number of hydrogen-bond acceptors (Lipinski definition) is 4. The van der Waals surface area contributed by atoms with Crippen LogP contribution < -0.4 is 10.6 Å². The third kappa shape index (κ3) is 7.95. The Morgan fingerprint density at radius 3 is 1.52 bits per heavy atom. The lowest BCUT2D eigenvalue weighted by Gasteiger charge is -2.14. The number of carboxylic acids is 2. The van der Waals surface area contributed by atoms with Crippen LogP contribution in [0.4, 0.5) is 11.4 Å². The molecule has 2 aliphatic rings. The minimum Gasteiger partial charge on any atom is -0.478 e. The van der Waals surface area contributed by atoms with Gasteiger partial charge < -0.3 is 20.8 Å². The Hall–Kier alpha value is -5.50. The Morgan fingerprint density at radius 2 is 1.07 bits per heavy atom. The zero-order valence-electron chi connectivity index (χ0n) is 25.3. The van der Waals surface area contributed by atoms with Crippen LogP contribution >= 0.6 is 0 Å². The van der Waals surface area contributed by atoms with Gasteiger partial charge in [0.2, 0.25) is 0 Å². The lowest BCUT2D eigenvalue weighted by atomic mass is 9.95. The van der Waals surface area contributed by atoms with E-state index in [1.165, 1.54) is 12.8 Å². The van der Waals surface area contributed by atoms with Gasteiger partial charge in [0.15, 0.2) is 0 Å². The molecule has 1 atom stereocenters. The third-order valence-corrected chi connectivity index (χ3v) is 8.38. The van der Waals surface area contributed by atoms with Gasteiger partial charge in [0.05, 0.1) is 22.5 Å². The van der Waals surface area contributed by atoms with Gasteiger partial charge in [-0.15, -0.1) is 0 Å². The molecule has 4 aromatic rings. The van der Waals surface area contributed by atoms with E-state index in [4.69, 9.17) is 0 Å². The maximum absolute atomic E-state index is 12.3. The highest BCUT2D eigenvalue weighted by Gasteiger charge is 2.21. The molecule has 6 rings (SSSR count). The molecule has 0 radical (unpaired) electrons. The molecule has 2 aliphatic carbocycles. The molecule has 4 N–H and O–H groups in total. The van der Waals surface area contributed by atoms with Crippen molar-refractivity contribution in [3.63, 3.8) is 0 Å². The van der Waals surface area contributed by atoms with E-state index in [2.05, 4.69) is 22.8 Å². The van der Waals surface area contributed by atoms with Crippen LogP contribution in [-0.4, -0.2) is 34.0 Å². The van der Waals surface area contributed by atoms with Crippen LogP contribution in [0.2, 0.25) is 0 Å². The number of hydrogen-bond donors (Lipinski definition) is 4. The first kappa shape index (κ1) is 31.9. The number of aromatic carboxylic acids is 2. The largest absolute Gasteiger partial charge is 0.478 e. The van der Waals surface area contributed by atoms with Gasteiger partial charge in [-0.3, -0.25) is 9.59 Å². The molecule has 46 heavy (non-hydrogen) atoms. The summed E-state index contributed by atoms with van der Waals surface area (Å²) in [6.45, 7) is 0. The van der Waals surface area contributed by atoms with Crippen molar-refractivity contribution in [1.82, 2.24) is 0 Å². The Kier molecular flexibility index (Phi) is 10.4. The van der Waals surface area contributed by atoms with E-state index in [1.807, 2.05) is 30.3 Å². The third-order valence-electron chi connectivity index (χ3n) is 8.38. The van der Waals surface area contributed by atoms with Crippen LogP contribution in [0, 0.1) is 0 Å². The smallest absolute Gasteiger partial charge is 0.337 e. The second-order valence-corrected chi connectivity index (χ2v) is 11.5. The van der Waals surface area contributed by atoms with Crippen molar-refractivity contribution in [1.29, 1.82) is 0 Å². The number of benzene rings is 4. The van der Waals surface area contributed by atoms with Crippen molar-refractivity contribution < 1.29 is 29.4 Å². The molecule has 0 bridgehead atoms. The maximum atomic E-state index is 12.3. The highest BCUT2D eigenvalue weighted by Crippen LogP contribution is 2.36. The monoisotopic (exact) mass is 616 g/mol. The normalized spacial score (nSPS) is 15.4. The van der Waals surface area contributed by atoms with E-state index in [1.54, 1.807) is 66.7 Å². The van der Waals surface area contributed by atoms with Crippen LogP contribution in [0.15, 0.2) is 109 Å². The predicted octanol–water partition coefficient (Wildman–Crippen LogP) is 8.37. The van der Waals surface area contributed by atoms with Crippen LogP contribution in [0.25, 0.3) is 0 Å². The number of nitrogens with one attached hydrogen (secondary N) is 2. The molecule has 1 saturated carbocycles. The van der Waals surface area contributed by atoms with Gasteiger partial charge in [-0.25, -0.2) is 9.59 Å². The number of anilines is 2. The summed E-state index contributed by atoms with van der Waals surface area (Å²) in [5, 5.41) is 24.2. The molecular weight excluding hydrogens is 580 g/mol. The molecule has 0 saturated heterocycles. The first-order valence-electron chi connectivity index (χ1n) is 15.4. The Balaban J connectivity index is 0.000000181. The predicted molar refractivity (Wildman–Crippen MR) is 178 cm³/mol.